The lowest BCUT2D eigenvalue weighted by molar-refractivity contribution is -0.142. The second-order valence-corrected chi connectivity index (χ2v) is 5.71. The van der Waals surface area contributed by atoms with Crippen molar-refractivity contribution in [2.45, 2.75) is 25.2 Å². The van der Waals surface area contributed by atoms with Crippen molar-refractivity contribution in [1.29, 1.82) is 0 Å². The zero-order valence-electron chi connectivity index (χ0n) is 13.6. The van der Waals surface area contributed by atoms with Crippen LogP contribution in [0.25, 0.3) is 0 Å². The van der Waals surface area contributed by atoms with Crippen LogP contribution < -0.4 is 14.8 Å². The van der Waals surface area contributed by atoms with E-state index in [1.54, 1.807) is 0 Å². The molecule has 0 amide bonds. The molecule has 1 aliphatic rings. The van der Waals surface area contributed by atoms with Crippen LogP contribution in [-0.4, -0.2) is 31.8 Å². The monoisotopic (exact) mass is 327 g/mol. The van der Waals surface area contributed by atoms with Gasteiger partial charge >= 0.3 is 5.97 Å². The summed E-state index contributed by atoms with van der Waals surface area (Å²) >= 11 is 0. The Morgan fingerprint density at radius 3 is 2.50 bits per heavy atom. The Balaban J connectivity index is 1.49. The Labute approximate surface area is 141 Å². The molecule has 3 rings (SSSR count). The van der Waals surface area contributed by atoms with Crippen molar-refractivity contribution >= 4 is 5.97 Å². The van der Waals surface area contributed by atoms with E-state index in [1.165, 1.54) is 7.11 Å². The van der Waals surface area contributed by atoms with Crippen molar-refractivity contribution in [3.05, 3.63) is 60.2 Å². The molecule has 1 aliphatic heterocycles. The summed E-state index contributed by atoms with van der Waals surface area (Å²) in [5.41, 5.74) is 1.13. The van der Waals surface area contributed by atoms with Gasteiger partial charge in [0.05, 0.1) is 7.11 Å². The maximum atomic E-state index is 11.5. The van der Waals surface area contributed by atoms with Crippen molar-refractivity contribution in [2.24, 2.45) is 0 Å². The molecular weight excluding hydrogens is 306 g/mol. The third kappa shape index (κ3) is 4.26. The molecule has 0 unspecified atom stereocenters. The fraction of sp³-hybridized carbons (Fsp3) is 0.316. The number of hydrogen-bond donors (Lipinski definition) is 1. The Morgan fingerprint density at radius 2 is 1.79 bits per heavy atom. The van der Waals surface area contributed by atoms with Crippen molar-refractivity contribution in [2.75, 3.05) is 13.7 Å². The lowest BCUT2D eigenvalue weighted by Gasteiger charge is -2.13. The fourth-order valence-electron chi connectivity index (χ4n) is 2.66. The molecule has 2 aromatic rings. The van der Waals surface area contributed by atoms with Crippen LogP contribution in [0, 0.1) is 0 Å². The number of hydrogen-bond acceptors (Lipinski definition) is 5. The van der Waals surface area contributed by atoms with Crippen LogP contribution in [0.4, 0.5) is 0 Å². The van der Waals surface area contributed by atoms with E-state index in [-0.39, 0.29) is 18.1 Å². The number of carbonyl (C=O) groups is 1. The third-order valence-electron chi connectivity index (χ3n) is 3.95. The van der Waals surface area contributed by atoms with E-state index in [9.17, 15) is 4.79 Å². The molecule has 1 N–H and O–H groups in total. The Hall–Kier alpha value is -2.53. The van der Waals surface area contributed by atoms with Gasteiger partial charge < -0.3 is 19.5 Å². The number of benzene rings is 2. The van der Waals surface area contributed by atoms with Gasteiger partial charge in [-0.25, -0.2) is 0 Å². The Bertz CT molecular complexity index is 657. The molecule has 0 radical (unpaired) electrons. The number of methoxy groups -OCH3 is 1. The van der Waals surface area contributed by atoms with Gasteiger partial charge in [0.2, 0.25) is 0 Å². The molecule has 0 bridgehead atoms. The molecule has 2 atom stereocenters. The Kier molecular flexibility index (Phi) is 5.33. The van der Waals surface area contributed by atoms with Crippen molar-refractivity contribution in [3.63, 3.8) is 0 Å². The molecule has 1 saturated heterocycles. The molecule has 1 fully saturated rings. The summed E-state index contributed by atoms with van der Waals surface area (Å²) in [5.74, 6) is 1.31. The van der Waals surface area contributed by atoms with Crippen molar-refractivity contribution in [1.82, 2.24) is 5.32 Å². The zero-order chi connectivity index (χ0) is 16.8. The van der Waals surface area contributed by atoms with Crippen LogP contribution in [-0.2, 0) is 16.1 Å². The smallest absolute Gasteiger partial charge is 0.323 e. The normalized spacial score (nSPS) is 19.7. The van der Waals surface area contributed by atoms with Crippen LogP contribution in [0.1, 0.15) is 12.0 Å². The molecule has 2 aromatic carbocycles. The third-order valence-corrected chi connectivity index (χ3v) is 3.95. The zero-order valence-corrected chi connectivity index (χ0v) is 13.6. The van der Waals surface area contributed by atoms with E-state index in [2.05, 4.69) is 5.32 Å². The van der Waals surface area contributed by atoms with Crippen LogP contribution in [0.5, 0.6) is 11.5 Å². The predicted octanol–water partition coefficient (Wildman–Crippen LogP) is 2.55. The minimum Gasteiger partial charge on any atom is -0.489 e. The molecule has 5 nitrogen and oxygen atoms in total. The van der Waals surface area contributed by atoms with E-state index >= 15 is 0 Å². The molecule has 0 aromatic heterocycles. The molecule has 0 spiro atoms. The van der Waals surface area contributed by atoms with Crippen molar-refractivity contribution in [3.8, 4) is 11.5 Å². The second-order valence-electron chi connectivity index (χ2n) is 5.71. The van der Waals surface area contributed by atoms with Gasteiger partial charge in [0.1, 0.15) is 30.3 Å². The van der Waals surface area contributed by atoms with Crippen LogP contribution in [0.3, 0.4) is 0 Å². The summed E-state index contributed by atoms with van der Waals surface area (Å²) in [6.07, 6.45) is 0.573. The summed E-state index contributed by atoms with van der Waals surface area (Å²) < 4.78 is 16.4. The average Bonchev–Trinajstić information content (AvgIpc) is 3.10. The summed E-state index contributed by atoms with van der Waals surface area (Å²) in [7, 11) is 1.40. The first-order chi connectivity index (χ1) is 11.7. The highest BCUT2D eigenvalue weighted by molar-refractivity contribution is 5.76. The summed E-state index contributed by atoms with van der Waals surface area (Å²) in [6, 6.07) is 17.3. The van der Waals surface area contributed by atoms with E-state index in [0.717, 1.165) is 17.1 Å². The lowest BCUT2D eigenvalue weighted by Crippen LogP contribution is -2.31. The van der Waals surface area contributed by atoms with Crippen LogP contribution in [0.15, 0.2) is 54.6 Å². The number of nitrogens with one attached hydrogen (secondary N) is 1. The van der Waals surface area contributed by atoms with Crippen LogP contribution >= 0.6 is 0 Å². The van der Waals surface area contributed by atoms with Gasteiger partial charge in [-0.2, -0.15) is 0 Å². The predicted molar refractivity (Wildman–Crippen MR) is 90.1 cm³/mol. The van der Waals surface area contributed by atoms with Gasteiger partial charge in [0.15, 0.2) is 0 Å². The van der Waals surface area contributed by atoms with E-state index in [4.69, 9.17) is 14.2 Å². The molecular formula is C19H21NO4. The summed E-state index contributed by atoms with van der Waals surface area (Å²) in [5, 5.41) is 3.10. The number of ether oxygens (including phenoxy) is 3. The average molecular weight is 327 g/mol. The first-order valence-corrected chi connectivity index (χ1v) is 7.99. The first-order valence-electron chi connectivity index (χ1n) is 7.99. The van der Waals surface area contributed by atoms with Crippen molar-refractivity contribution < 1.29 is 19.0 Å². The quantitative estimate of drug-likeness (QED) is 0.826. The minimum absolute atomic E-state index is 0.0369. The van der Waals surface area contributed by atoms with Gasteiger partial charge in [-0.15, -0.1) is 0 Å². The molecule has 0 saturated carbocycles. The highest BCUT2D eigenvalue weighted by Crippen LogP contribution is 2.22. The van der Waals surface area contributed by atoms with Gasteiger partial charge in [-0.1, -0.05) is 30.3 Å². The minimum atomic E-state index is -0.284. The Morgan fingerprint density at radius 1 is 1.08 bits per heavy atom. The molecule has 5 heteroatoms. The SMILES string of the molecule is COC(=O)[C@@H]1C[C@H](Oc2ccc(OCc3ccccc3)cc2)CN1. The second kappa shape index (κ2) is 7.84. The largest absolute Gasteiger partial charge is 0.489 e. The maximum absolute atomic E-state index is 11.5. The maximum Gasteiger partial charge on any atom is 0.323 e. The number of rotatable bonds is 6. The topological polar surface area (TPSA) is 56.8 Å². The van der Waals surface area contributed by atoms with E-state index in [1.807, 2.05) is 54.6 Å². The van der Waals surface area contributed by atoms with E-state index < -0.39 is 0 Å². The van der Waals surface area contributed by atoms with Crippen LogP contribution in [0.2, 0.25) is 0 Å². The molecule has 126 valence electrons. The highest BCUT2D eigenvalue weighted by atomic mass is 16.5. The number of esters is 1. The standard InChI is InChI=1S/C19H21NO4/c1-22-19(21)18-11-17(12-20-18)24-16-9-7-15(8-10-16)23-13-14-5-3-2-4-6-14/h2-10,17-18,20H,11-13H2,1H3/t17-,18-/m0/s1. The summed E-state index contributed by atoms with van der Waals surface area (Å²) in [6.45, 7) is 1.17. The fourth-order valence-corrected chi connectivity index (χ4v) is 2.66. The first kappa shape index (κ1) is 16.3. The number of carbonyl (C=O) groups excluding carboxylic acids is 1. The molecule has 24 heavy (non-hydrogen) atoms. The van der Waals surface area contributed by atoms with Gasteiger partial charge in [-0.05, 0) is 29.8 Å². The van der Waals surface area contributed by atoms with Gasteiger partial charge in [0, 0.05) is 13.0 Å². The van der Waals surface area contributed by atoms with Gasteiger partial charge in [-0.3, -0.25) is 4.79 Å². The summed E-state index contributed by atoms with van der Waals surface area (Å²) in [4.78, 5) is 11.5. The highest BCUT2D eigenvalue weighted by Gasteiger charge is 2.31. The lowest BCUT2D eigenvalue weighted by atomic mass is 10.2. The molecule has 0 aliphatic carbocycles. The molecule has 1 heterocycles. The van der Waals surface area contributed by atoms with Gasteiger partial charge in [0.25, 0.3) is 0 Å². The van der Waals surface area contributed by atoms with E-state index in [0.29, 0.717) is 19.6 Å².